The minimum absolute atomic E-state index is 1.02. The molecule has 0 spiro atoms. The zero-order chi connectivity index (χ0) is 5.82. The van der Waals surface area contributed by atoms with E-state index in [1.807, 2.05) is 0 Å². The monoisotopic (exact) mass is 113 g/mol. The molecule has 1 saturated carbocycles. The Balaban J connectivity index is 1.86. The molecule has 1 rings (SSSR count). The molecule has 0 aromatic rings. The van der Waals surface area contributed by atoms with Crippen LogP contribution in [0, 0.1) is 5.92 Å². The standard InChI is InChI=1S/C7H15N/c1-2-8-6-7-4-3-5-7/h7-8H,2-6H2,1H3. The molecule has 0 aliphatic heterocycles. The molecule has 0 aromatic heterocycles. The first-order chi connectivity index (χ1) is 3.93. The summed E-state index contributed by atoms with van der Waals surface area (Å²) in [5.74, 6) is 1.02. The normalized spacial score (nSPS) is 20.6. The van der Waals surface area contributed by atoms with Gasteiger partial charge in [-0.3, -0.25) is 0 Å². The van der Waals surface area contributed by atoms with Gasteiger partial charge in [0.05, 0.1) is 0 Å². The summed E-state index contributed by atoms with van der Waals surface area (Å²) in [6.45, 7) is 4.56. The highest BCUT2D eigenvalue weighted by Crippen LogP contribution is 2.24. The maximum Gasteiger partial charge on any atom is -0.00206 e. The van der Waals surface area contributed by atoms with Crippen molar-refractivity contribution in [1.82, 2.24) is 5.32 Å². The van der Waals surface area contributed by atoms with Gasteiger partial charge in [0.1, 0.15) is 0 Å². The highest BCUT2D eigenvalue weighted by molar-refractivity contribution is 4.70. The second-order valence-electron chi connectivity index (χ2n) is 2.60. The summed E-state index contributed by atoms with van der Waals surface area (Å²) < 4.78 is 0. The zero-order valence-electron chi connectivity index (χ0n) is 5.61. The molecule has 1 heteroatoms. The molecular formula is C7H15N. The van der Waals surface area contributed by atoms with Gasteiger partial charge >= 0.3 is 0 Å². The van der Waals surface area contributed by atoms with E-state index in [0.717, 1.165) is 12.5 Å². The van der Waals surface area contributed by atoms with Crippen LogP contribution in [0.2, 0.25) is 0 Å². The second-order valence-corrected chi connectivity index (χ2v) is 2.60. The van der Waals surface area contributed by atoms with E-state index in [1.54, 1.807) is 0 Å². The third kappa shape index (κ3) is 1.48. The molecule has 1 aliphatic rings. The van der Waals surface area contributed by atoms with E-state index in [2.05, 4.69) is 12.2 Å². The van der Waals surface area contributed by atoms with E-state index >= 15 is 0 Å². The Morgan fingerprint density at radius 2 is 2.25 bits per heavy atom. The molecular weight excluding hydrogens is 98.1 g/mol. The van der Waals surface area contributed by atoms with Gasteiger partial charge in [-0.05, 0) is 31.8 Å². The summed E-state index contributed by atoms with van der Waals surface area (Å²) in [5.41, 5.74) is 0. The molecule has 1 fully saturated rings. The van der Waals surface area contributed by atoms with Crippen molar-refractivity contribution >= 4 is 0 Å². The summed E-state index contributed by atoms with van der Waals surface area (Å²) in [6, 6.07) is 0. The minimum Gasteiger partial charge on any atom is -0.317 e. The summed E-state index contributed by atoms with van der Waals surface area (Å²) in [6.07, 6.45) is 4.40. The third-order valence-corrected chi connectivity index (χ3v) is 1.91. The summed E-state index contributed by atoms with van der Waals surface area (Å²) in [7, 11) is 0. The second kappa shape index (κ2) is 3.08. The maximum atomic E-state index is 3.35. The lowest BCUT2D eigenvalue weighted by atomic mass is 9.85. The fourth-order valence-corrected chi connectivity index (χ4v) is 1.05. The first-order valence-corrected chi connectivity index (χ1v) is 3.64. The van der Waals surface area contributed by atoms with Crippen LogP contribution in [0.4, 0.5) is 0 Å². The Labute approximate surface area is 51.5 Å². The first kappa shape index (κ1) is 6.09. The maximum absolute atomic E-state index is 3.35. The Hall–Kier alpha value is -0.0400. The molecule has 0 amide bonds. The van der Waals surface area contributed by atoms with Crippen LogP contribution in [-0.2, 0) is 0 Å². The Kier molecular flexibility index (Phi) is 2.34. The molecule has 1 aliphatic carbocycles. The van der Waals surface area contributed by atoms with E-state index in [9.17, 15) is 0 Å². The Bertz CT molecular complexity index is 57.4. The number of hydrogen-bond donors (Lipinski definition) is 1. The first-order valence-electron chi connectivity index (χ1n) is 3.64. The lowest BCUT2D eigenvalue weighted by molar-refractivity contribution is 0.304. The van der Waals surface area contributed by atoms with Gasteiger partial charge in [0.2, 0.25) is 0 Å². The predicted octanol–water partition coefficient (Wildman–Crippen LogP) is 1.40. The molecule has 0 heterocycles. The highest BCUT2D eigenvalue weighted by Gasteiger charge is 2.15. The smallest absolute Gasteiger partial charge is 0.00206 e. The number of rotatable bonds is 3. The molecule has 1 nitrogen and oxygen atoms in total. The SMILES string of the molecule is CCNCC1CCC1. The van der Waals surface area contributed by atoms with Crippen LogP contribution in [0.1, 0.15) is 26.2 Å². The van der Waals surface area contributed by atoms with Gasteiger partial charge in [0, 0.05) is 0 Å². The van der Waals surface area contributed by atoms with Gasteiger partial charge in [-0.15, -0.1) is 0 Å². The van der Waals surface area contributed by atoms with Crippen LogP contribution in [0.3, 0.4) is 0 Å². The predicted molar refractivity (Wildman–Crippen MR) is 35.9 cm³/mol. The number of hydrogen-bond acceptors (Lipinski definition) is 1. The van der Waals surface area contributed by atoms with Gasteiger partial charge < -0.3 is 5.32 Å². The third-order valence-electron chi connectivity index (χ3n) is 1.91. The van der Waals surface area contributed by atoms with Crippen molar-refractivity contribution in [2.24, 2.45) is 5.92 Å². The molecule has 8 heavy (non-hydrogen) atoms. The number of nitrogens with one attached hydrogen (secondary N) is 1. The van der Waals surface area contributed by atoms with E-state index in [0.29, 0.717) is 0 Å². The van der Waals surface area contributed by atoms with Crippen molar-refractivity contribution in [1.29, 1.82) is 0 Å². The molecule has 0 atom stereocenters. The van der Waals surface area contributed by atoms with Crippen molar-refractivity contribution in [2.45, 2.75) is 26.2 Å². The quantitative estimate of drug-likeness (QED) is 0.583. The topological polar surface area (TPSA) is 12.0 Å². The zero-order valence-corrected chi connectivity index (χ0v) is 5.61. The van der Waals surface area contributed by atoms with Gasteiger partial charge in [0.15, 0.2) is 0 Å². The van der Waals surface area contributed by atoms with Crippen LogP contribution in [0.25, 0.3) is 0 Å². The largest absolute Gasteiger partial charge is 0.317 e. The van der Waals surface area contributed by atoms with Crippen molar-refractivity contribution in [3.05, 3.63) is 0 Å². The summed E-state index contributed by atoms with van der Waals surface area (Å²) in [5, 5.41) is 3.35. The van der Waals surface area contributed by atoms with E-state index < -0.39 is 0 Å². The van der Waals surface area contributed by atoms with E-state index in [4.69, 9.17) is 0 Å². The van der Waals surface area contributed by atoms with Gasteiger partial charge in [-0.2, -0.15) is 0 Å². The molecule has 0 bridgehead atoms. The van der Waals surface area contributed by atoms with Crippen molar-refractivity contribution in [2.75, 3.05) is 13.1 Å². The molecule has 0 unspecified atom stereocenters. The average Bonchev–Trinajstić information content (AvgIpc) is 1.63. The molecule has 0 aromatic carbocycles. The van der Waals surface area contributed by atoms with Crippen LogP contribution in [-0.4, -0.2) is 13.1 Å². The fraction of sp³-hybridized carbons (Fsp3) is 1.00. The minimum atomic E-state index is 1.02. The van der Waals surface area contributed by atoms with Gasteiger partial charge in [-0.1, -0.05) is 13.3 Å². The van der Waals surface area contributed by atoms with Crippen molar-refractivity contribution in [3.8, 4) is 0 Å². The van der Waals surface area contributed by atoms with Crippen LogP contribution >= 0.6 is 0 Å². The Morgan fingerprint density at radius 3 is 2.62 bits per heavy atom. The highest BCUT2D eigenvalue weighted by atomic mass is 14.8. The van der Waals surface area contributed by atoms with Crippen molar-refractivity contribution < 1.29 is 0 Å². The molecule has 0 radical (unpaired) electrons. The van der Waals surface area contributed by atoms with E-state index in [-0.39, 0.29) is 0 Å². The molecule has 1 N–H and O–H groups in total. The van der Waals surface area contributed by atoms with Gasteiger partial charge in [0.25, 0.3) is 0 Å². The summed E-state index contributed by atoms with van der Waals surface area (Å²) >= 11 is 0. The molecule has 0 saturated heterocycles. The van der Waals surface area contributed by atoms with Crippen LogP contribution in [0.15, 0.2) is 0 Å². The Morgan fingerprint density at radius 1 is 1.50 bits per heavy atom. The lowest BCUT2D eigenvalue weighted by Crippen LogP contribution is -2.26. The van der Waals surface area contributed by atoms with Crippen LogP contribution < -0.4 is 5.32 Å². The lowest BCUT2D eigenvalue weighted by Gasteiger charge is -2.24. The van der Waals surface area contributed by atoms with Crippen LogP contribution in [0.5, 0.6) is 0 Å². The van der Waals surface area contributed by atoms with Gasteiger partial charge in [-0.25, -0.2) is 0 Å². The molecule has 48 valence electrons. The average molecular weight is 113 g/mol. The van der Waals surface area contributed by atoms with Crippen molar-refractivity contribution in [3.63, 3.8) is 0 Å². The van der Waals surface area contributed by atoms with E-state index in [1.165, 1.54) is 25.8 Å². The summed E-state index contributed by atoms with van der Waals surface area (Å²) in [4.78, 5) is 0. The fourth-order valence-electron chi connectivity index (χ4n) is 1.05.